The van der Waals surface area contributed by atoms with Crippen LogP contribution in [0.5, 0.6) is 5.75 Å². The Morgan fingerprint density at radius 3 is 2.75 bits per heavy atom. The molecule has 6 nitrogen and oxygen atoms in total. The fourth-order valence-electron chi connectivity index (χ4n) is 2.05. The molecule has 0 amide bonds. The molecule has 0 aliphatic rings. The van der Waals surface area contributed by atoms with E-state index >= 15 is 0 Å². The number of aryl methyl sites for hydroxylation is 1. The first-order valence-electron chi connectivity index (χ1n) is 5.95. The van der Waals surface area contributed by atoms with Crippen LogP contribution in [0, 0.1) is 6.92 Å². The number of carboxylic acids is 1. The second-order valence-electron chi connectivity index (χ2n) is 4.41. The van der Waals surface area contributed by atoms with Gasteiger partial charge in [0.2, 0.25) is 5.69 Å². The number of aromatic carboxylic acids is 1. The smallest absolute Gasteiger partial charge is 0.360 e. The normalized spacial score (nSPS) is 10.8. The van der Waals surface area contributed by atoms with Crippen LogP contribution in [0.15, 0.2) is 36.5 Å². The van der Waals surface area contributed by atoms with Crippen molar-refractivity contribution in [2.75, 3.05) is 0 Å². The maximum atomic E-state index is 10.9. The molecule has 20 heavy (non-hydrogen) atoms. The van der Waals surface area contributed by atoms with Gasteiger partial charge in [-0.3, -0.25) is 4.98 Å². The molecular formula is C14H11N3O3. The van der Waals surface area contributed by atoms with Crippen molar-refractivity contribution < 1.29 is 15.0 Å². The van der Waals surface area contributed by atoms with E-state index in [1.54, 1.807) is 6.07 Å². The summed E-state index contributed by atoms with van der Waals surface area (Å²) >= 11 is 0. The van der Waals surface area contributed by atoms with Crippen LogP contribution in [-0.4, -0.2) is 30.9 Å². The SMILES string of the molecule is Cc1ccc2cccc(-n3cc(O)c(C(=O)O)n3)c2n1. The molecular weight excluding hydrogens is 258 g/mol. The van der Waals surface area contributed by atoms with Gasteiger partial charge in [-0.25, -0.2) is 9.48 Å². The fraction of sp³-hybridized carbons (Fsp3) is 0.0714. The predicted molar refractivity (Wildman–Crippen MR) is 72.2 cm³/mol. The average Bonchev–Trinajstić information content (AvgIpc) is 2.80. The largest absolute Gasteiger partial charge is 0.504 e. The van der Waals surface area contributed by atoms with E-state index < -0.39 is 5.97 Å². The van der Waals surface area contributed by atoms with E-state index in [1.807, 2.05) is 31.2 Å². The van der Waals surface area contributed by atoms with Gasteiger partial charge < -0.3 is 10.2 Å². The van der Waals surface area contributed by atoms with E-state index in [-0.39, 0.29) is 11.4 Å². The lowest BCUT2D eigenvalue weighted by Crippen LogP contribution is -2.02. The molecule has 0 saturated heterocycles. The zero-order valence-electron chi connectivity index (χ0n) is 10.6. The van der Waals surface area contributed by atoms with Gasteiger partial charge in [0.05, 0.1) is 17.4 Å². The van der Waals surface area contributed by atoms with Crippen LogP contribution < -0.4 is 0 Å². The van der Waals surface area contributed by atoms with Crippen molar-refractivity contribution in [2.24, 2.45) is 0 Å². The molecule has 0 atom stereocenters. The minimum atomic E-state index is -1.27. The molecule has 3 rings (SSSR count). The van der Waals surface area contributed by atoms with E-state index in [0.717, 1.165) is 11.1 Å². The van der Waals surface area contributed by atoms with E-state index in [2.05, 4.69) is 10.1 Å². The van der Waals surface area contributed by atoms with Gasteiger partial charge in [-0.15, -0.1) is 0 Å². The summed E-state index contributed by atoms with van der Waals surface area (Å²) < 4.78 is 1.33. The summed E-state index contributed by atoms with van der Waals surface area (Å²) in [7, 11) is 0. The Hall–Kier alpha value is -2.89. The van der Waals surface area contributed by atoms with Crippen molar-refractivity contribution in [3.8, 4) is 11.4 Å². The zero-order chi connectivity index (χ0) is 14.3. The number of carboxylic acid groups (broad SMARTS) is 1. The monoisotopic (exact) mass is 269 g/mol. The average molecular weight is 269 g/mol. The first-order chi connectivity index (χ1) is 9.56. The molecule has 0 bridgehead atoms. The number of nitrogens with zero attached hydrogens (tertiary/aromatic N) is 3. The van der Waals surface area contributed by atoms with Gasteiger partial charge in [0.15, 0.2) is 5.75 Å². The Labute approximate surface area is 113 Å². The Morgan fingerprint density at radius 2 is 2.05 bits per heavy atom. The van der Waals surface area contributed by atoms with E-state index in [4.69, 9.17) is 5.11 Å². The second kappa shape index (κ2) is 4.34. The summed E-state index contributed by atoms with van der Waals surface area (Å²) in [4.78, 5) is 15.4. The zero-order valence-corrected chi connectivity index (χ0v) is 10.6. The van der Waals surface area contributed by atoms with Crippen molar-refractivity contribution in [3.05, 3.63) is 47.9 Å². The van der Waals surface area contributed by atoms with Gasteiger partial charge in [0.1, 0.15) is 0 Å². The number of para-hydroxylation sites is 1. The Balaban J connectivity index is 2.26. The molecule has 6 heteroatoms. The second-order valence-corrected chi connectivity index (χ2v) is 4.41. The number of carbonyl (C=O) groups is 1. The topological polar surface area (TPSA) is 88.2 Å². The molecule has 0 fully saturated rings. The van der Waals surface area contributed by atoms with Crippen LogP contribution >= 0.6 is 0 Å². The molecule has 0 spiro atoms. The lowest BCUT2D eigenvalue weighted by atomic mass is 10.2. The summed E-state index contributed by atoms with van der Waals surface area (Å²) in [6, 6.07) is 9.34. The van der Waals surface area contributed by atoms with Crippen LogP contribution in [0.25, 0.3) is 16.6 Å². The first kappa shape index (κ1) is 12.2. The number of rotatable bonds is 2. The Morgan fingerprint density at radius 1 is 1.25 bits per heavy atom. The summed E-state index contributed by atoms with van der Waals surface area (Å²) in [5, 5.41) is 23.3. The van der Waals surface area contributed by atoms with Crippen LogP contribution in [0.2, 0.25) is 0 Å². The van der Waals surface area contributed by atoms with Crippen molar-refractivity contribution in [1.82, 2.24) is 14.8 Å². The van der Waals surface area contributed by atoms with Crippen molar-refractivity contribution in [3.63, 3.8) is 0 Å². The third-order valence-electron chi connectivity index (χ3n) is 2.98. The molecule has 2 heterocycles. The fourth-order valence-corrected chi connectivity index (χ4v) is 2.05. The number of fused-ring (bicyclic) bond motifs is 1. The van der Waals surface area contributed by atoms with Crippen LogP contribution in [0.3, 0.4) is 0 Å². The summed E-state index contributed by atoms with van der Waals surface area (Å²) in [6.07, 6.45) is 1.27. The molecule has 0 unspecified atom stereocenters. The molecule has 3 aromatic rings. The van der Waals surface area contributed by atoms with Gasteiger partial charge in [0.25, 0.3) is 0 Å². The lowest BCUT2D eigenvalue weighted by molar-refractivity contribution is 0.0687. The van der Waals surface area contributed by atoms with E-state index in [9.17, 15) is 9.90 Å². The molecule has 2 aromatic heterocycles. The third-order valence-corrected chi connectivity index (χ3v) is 2.98. The molecule has 0 radical (unpaired) electrons. The van der Waals surface area contributed by atoms with Crippen molar-refractivity contribution >= 4 is 16.9 Å². The highest BCUT2D eigenvalue weighted by molar-refractivity contribution is 5.89. The summed E-state index contributed by atoms with van der Waals surface area (Å²) in [5.74, 6) is -1.65. The molecule has 100 valence electrons. The minimum Gasteiger partial charge on any atom is -0.504 e. The van der Waals surface area contributed by atoms with Gasteiger partial charge in [-0.1, -0.05) is 18.2 Å². The Bertz CT molecular complexity index is 824. The van der Waals surface area contributed by atoms with Gasteiger partial charge in [-0.2, -0.15) is 5.10 Å². The van der Waals surface area contributed by atoms with Gasteiger partial charge in [-0.05, 0) is 19.1 Å². The van der Waals surface area contributed by atoms with Crippen LogP contribution in [0.1, 0.15) is 16.2 Å². The van der Waals surface area contributed by atoms with Crippen molar-refractivity contribution in [1.29, 1.82) is 0 Å². The molecule has 0 saturated carbocycles. The number of benzene rings is 1. The summed E-state index contributed by atoms with van der Waals surface area (Å²) in [6.45, 7) is 1.87. The quantitative estimate of drug-likeness (QED) is 0.744. The van der Waals surface area contributed by atoms with Gasteiger partial charge >= 0.3 is 5.97 Å². The van der Waals surface area contributed by atoms with E-state index in [1.165, 1.54) is 10.9 Å². The molecule has 0 aliphatic heterocycles. The van der Waals surface area contributed by atoms with Crippen LogP contribution in [-0.2, 0) is 0 Å². The highest BCUT2D eigenvalue weighted by atomic mass is 16.4. The Kier molecular flexibility index (Phi) is 2.64. The first-order valence-corrected chi connectivity index (χ1v) is 5.95. The minimum absolute atomic E-state index is 0.373. The van der Waals surface area contributed by atoms with Crippen LogP contribution in [0.4, 0.5) is 0 Å². The lowest BCUT2D eigenvalue weighted by Gasteiger charge is -2.06. The van der Waals surface area contributed by atoms with Crippen molar-refractivity contribution in [2.45, 2.75) is 6.92 Å². The van der Waals surface area contributed by atoms with E-state index in [0.29, 0.717) is 11.2 Å². The molecule has 2 N–H and O–H groups in total. The predicted octanol–water partition coefficient (Wildman–Crippen LogP) is 2.13. The maximum Gasteiger partial charge on any atom is 0.360 e. The number of hydrogen-bond donors (Lipinski definition) is 2. The highest BCUT2D eigenvalue weighted by Crippen LogP contribution is 2.23. The number of aromatic hydroxyl groups is 1. The van der Waals surface area contributed by atoms with Gasteiger partial charge in [0, 0.05) is 11.1 Å². The third kappa shape index (κ3) is 1.87. The highest BCUT2D eigenvalue weighted by Gasteiger charge is 2.16. The number of hydrogen-bond acceptors (Lipinski definition) is 4. The standard InChI is InChI=1S/C14H11N3O3/c1-8-5-6-9-3-2-4-10(12(9)15-8)17-7-11(18)13(16-17)14(19)20/h2-7,18H,1H3,(H,19,20). The molecule has 1 aromatic carbocycles. The molecule has 0 aliphatic carbocycles. The summed E-state index contributed by atoms with van der Waals surface area (Å²) in [5.41, 5.74) is 1.79. The maximum absolute atomic E-state index is 10.9. The number of aromatic nitrogens is 3. The number of pyridine rings is 1.